The molecule has 1 aromatic carbocycles. The molecule has 0 aromatic heterocycles. The number of nitrogens with zero attached hydrogens (tertiary/aromatic N) is 2. The molecule has 0 amide bonds. The van der Waals surface area contributed by atoms with Crippen LogP contribution in [0.5, 0.6) is 0 Å². The summed E-state index contributed by atoms with van der Waals surface area (Å²) in [5.74, 6) is 0. The van der Waals surface area contributed by atoms with Crippen molar-refractivity contribution >= 4 is 11.6 Å². The van der Waals surface area contributed by atoms with Gasteiger partial charge in [0.15, 0.2) is 0 Å². The number of piperidine rings is 1. The first-order chi connectivity index (χ1) is 9.31. The maximum absolute atomic E-state index is 5.95. The van der Waals surface area contributed by atoms with Crippen molar-refractivity contribution in [3.63, 3.8) is 0 Å². The minimum Gasteiger partial charge on any atom is -0.299 e. The zero-order chi connectivity index (χ0) is 13.1. The average molecular weight is 279 g/mol. The quantitative estimate of drug-likeness (QED) is 0.818. The summed E-state index contributed by atoms with van der Waals surface area (Å²) in [4.78, 5) is 5.34. The molecule has 104 valence electrons. The van der Waals surface area contributed by atoms with Crippen molar-refractivity contribution in [2.75, 3.05) is 26.2 Å². The van der Waals surface area contributed by atoms with Gasteiger partial charge in [0, 0.05) is 24.2 Å². The van der Waals surface area contributed by atoms with Gasteiger partial charge in [-0.3, -0.25) is 9.80 Å². The maximum Gasteiger partial charge on any atom is 0.0406 e. The molecule has 2 fully saturated rings. The van der Waals surface area contributed by atoms with E-state index in [0.29, 0.717) is 0 Å². The Balaban J connectivity index is 1.62. The second kappa shape index (κ2) is 6.25. The predicted octanol–water partition coefficient (Wildman–Crippen LogP) is 3.40. The van der Waals surface area contributed by atoms with Crippen molar-refractivity contribution in [3.05, 3.63) is 34.9 Å². The number of hydrogen-bond donors (Lipinski definition) is 0. The lowest BCUT2D eigenvalue weighted by atomic mass is 10.0. The molecule has 0 spiro atoms. The molecule has 2 saturated heterocycles. The van der Waals surface area contributed by atoms with Gasteiger partial charge >= 0.3 is 0 Å². The van der Waals surface area contributed by atoms with Crippen LogP contribution in [0.4, 0.5) is 0 Å². The lowest BCUT2D eigenvalue weighted by Gasteiger charge is -2.35. The second-order valence-corrected chi connectivity index (χ2v) is 6.34. The molecule has 3 heteroatoms. The molecule has 0 bridgehead atoms. The van der Waals surface area contributed by atoms with E-state index in [4.69, 9.17) is 11.6 Å². The summed E-state index contributed by atoms with van der Waals surface area (Å²) in [6, 6.07) is 9.12. The number of benzene rings is 1. The molecule has 19 heavy (non-hydrogen) atoms. The van der Waals surface area contributed by atoms with E-state index < -0.39 is 0 Å². The molecule has 1 unspecified atom stereocenters. The average Bonchev–Trinajstić information content (AvgIpc) is 2.63. The van der Waals surface area contributed by atoms with Crippen LogP contribution in [0.15, 0.2) is 24.3 Å². The Morgan fingerprint density at radius 2 is 1.79 bits per heavy atom. The highest BCUT2D eigenvalue weighted by atomic mass is 35.5. The fraction of sp³-hybridized carbons (Fsp3) is 0.625. The maximum atomic E-state index is 5.95. The van der Waals surface area contributed by atoms with E-state index in [2.05, 4.69) is 21.9 Å². The number of rotatable bonds is 2. The van der Waals surface area contributed by atoms with Crippen molar-refractivity contribution < 1.29 is 0 Å². The monoisotopic (exact) mass is 278 g/mol. The summed E-state index contributed by atoms with van der Waals surface area (Å²) in [6.07, 6.45) is 5.50. The van der Waals surface area contributed by atoms with E-state index >= 15 is 0 Å². The Morgan fingerprint density at radius 3 is 2.63 bits per heavy atom. The molecule has 1 aromatic rings. The van der Waals surface area contributed by atoms with Gasteiger partial charge in [-0.2, -0.15) is 0 Å². The molecule has 2 aliphatic rings. The standard InChI is InChI=1S/C16H23ClN2/c17-15-7-5-14(6-8-15)12-18-9-3-11-19-10-2-1-4-16(19)13-18/h5-8,16H,1-4,9-13H2. The minimum atomic E-state index is 0.795. The van der Waals surface area contributed by atoms with E-state index in [1.807, 2.05) is 12.1 Å². The zero-order valence-corrected chi connectivity index (χ0v) is 12.3. The van der Waals surface area contributed by atoms with Gasteiger partial charge in [0.1, 0.15) is 0 Å². The van der Waals surface area contributed by atoms with Gasteiger partial charge in [-0.05, 0) is 56.6 Å². The Labute approximate surface area is 121 Å². The molecular formula is C16H23ClN2. The summed E-state index contributed by atoms with van der Waals surface area (Å²) >= 11 is 5.95. The summed E-state index contributed by atoms with van der Waals surface area (Å²) in [6.45, 7) is 6.15. The molecule has 0 radical (unpaired) electrons. The number of fused-ring (bicyclic) bond motifs is 1. The molecule has 2 nitrogen and oxygen atoms in total. The van der Waals surface area contributed by atoms with Crippen molar-refractivity contribution in [3.8, 4) is 0 Å². The van der Waals surface area contributed by atoms with Gasteiger partial charge in [0.2, 0.25) is 0 Å². The van der Waals surface area contributed by atoms with Gasteiger partial charge in [-0.1, -0.05) is 30.2 Å². The molecule has 1 atom stereocenters. The predicted molar refractivity (Wildman–Crippen MR) is 80.6 cm³/mol. The fourth-order valence-electron chi connectivity index (χ4n) is 3.44. The van der Waals surface area contributed by atoms with E-state index in [1.54, 1.807) is 0 Å². The van der Waals surface area contributed by atoms with Crippen LogP contribution in [0, 0.1) is 0 Å². The van der Waals surface area contributed by atoms with E-state index in [-0.39, 0.29) is 0 Å². The van der Waals surface area contributed by atoms with Crippen molar-refractivity contribution in [1.82, 2.24) is 9.80 Å². The van der Waals surface area contributed by atoms with Crippen molar-refractivity contribution in [2.24, 2.45) is 0 Å². The minimum absolute atomic E-state index is 0.795. The highest BCUT2D eigenvalue weighted by molar-refractivity contribution is 6.30. The normalized spacial score (nSPS) is 25.8. The Hall–Kier alpha value is -0.570. The van der Waals surface area contributed by atoms with Gasteiger partial charge in [0.25, 0.3) is 0 Å². The van der Waals surface area contributed by atoms with Gasteiger partial charge in [0.05, 0.1) is 0 Å². The van der Waals surface area contributed by atoms with Crippen LogP contribution in [0.25, 0.3) is 0 Å². The first kappa shape index (κ1) is 13.4. The molecule has 2 aliphatic heterocycles. The van der Waals surface area contributed by atoms with Gasteiger partial charge < -0.3 is 0 Å². The van der Waals surface area contributed by atoms with Crippen molar-refractivity contribution in [2.45, 2.75) is 38.3 Å². The smallest absolute Gasteiger partial charge is 0.0406 e. The third kappa shape index (κ3) is 3.50. The highest BCUT2D eigenvalue weighted by Crippen LogP contribution is 2.22. The molecule has 2 heterocycles. The lowest BCUT2D eigenvalue weighted by Crippen LogP contribution is -2.43. The molecule has 0 aliphatic carbocycles. The third-order valence-corrected chi connectivity index (χ3v) is 4.71. The van der Waals surface area contributed by atoms with Crippen molar-refractivity contribution in [1.29, 1.82) is 0 Å². The number of hydrogen-bond acceptors (Lipinski definition) is 2. The van der Waals surface area contributed by atoms with Gasteiger partial charge in [-0.15, -0.1) is 0 Å². The van der Waals surface area contributed by atoms with Crippen LogP contribution >= 0.6 is 11.6 Å². The SMILES string of the molecule is Clc1ccc(CN2CCCN3CCCCC3C2)cc1. The Morgan fingerprint density at radius 1 is 1.00 bits per heavy atom. The molecule has 3 rings (SSSR count). The summed E-state index contributed by atoms with van der Waals surface area (Å²) in [7, 11) is 0. The summed E-state index contributed by atoms with van der Waals surface area (Å²) in [5, 5.41) is 0.832. The molecule has 0 N–H and O–H groups in total. The second-order valence-electron chi connectivity index (χ2n) is 5.90. The molecular weight excluding hydrogens is 256 g/mol. The van der Waals surface area contributed by atoms with Crippen LogP contribution in [-0.4, -0.2) is 42.0 Å². The third-order valence-electron chi connectivity index (χ3n) is 4.46. The van der Waals surface area contributed by atoms with E-state index in [1.165, 1.54) is 57.4 Å². The van der Waals surface area contributed by atoms with Crippen LogP contribution < -0.4 is 0 Å². The molecule has 0 saturated carbocycles. The Kier molecular flexibility index (Phi) is 4.42. The van der Waals surface area contributed by atoms with E-state index in [9.17, 15) is 0 Å². The van der Waals surface area contributed by atoms with E-state index in [0.717, 1.165) is 17.6 Å². The first-order valence-electron chi connectivity index (χ1n) is 7.52. The van der Waals surface area contributed by atoms with Gasteiger partial charge in [-0.25, -0.2) is 0 Å². The summed E-state index contributed by atoms with van der Waals surface area (Å²) in [5.41, 5.74) is 1.38. The van der Waals surface area contributed by atoms with Crippen LogP contribution in [-0.2, 0) is 6.54 Å². The zero-order valence-electron chi connectivity index (χ0n) is 11.5. The summed E-state index contributed by atoms with van der Waals surface area (Å²) < 4.78 is 0. The highest BCUT2D eigenvalue weighted by Gasteiger charge is 2.26. The van der Waals surface area contributed by atoms with Crippen LogP contribution in [0.3, 0.4) is 0 Å². The number of halogens is 1. The first-order valence-corrected chi connectivity index (χ1v) is 7.90. The lowest BCUT2D eigenvalue weighted by molar-refractivity contribution is 0.135. The largest absolute Gasteiger partial charge is 0.299 e. The van der Waals surface area contributed by atoms with Crippen LogP contribution in [0.2, 0.25) is 5.02 Å². The van der Waals surface area contributed by atoms with Crippen LogP contribution in [0.1, 0.15) is 31.2 Å². The topological polar surface area (TPSA) is 6.48 Å². The fourth-order valence-corrected chi connectivity index (χ4v) is 3.57. The Bertz CT molecular complexity index is 404.